The number of thioether (sulfide) groups is 1. The molecule has 2 aromatic heterocycles. The van der Waals surface area contributed by atoms with E-state index in [2.05, 4.69) is 15.0 Å². The lowest BCUT2D eigenvalue weighted by molar-refractivity contribution is 0.00385. The van der Waals surface area contributed by atoms with Crippen LogP contribution in [0.15, 0.2) is 11.5 Å². The highest BCUT2D eigenvalue weighted by Crippen LogP contribution is 2.57. The molecule has 8 heteroatoms. The van der Waals surface area contributed by atoms with Gasteiger partial charge in [0.25, 0.3) is 0 Å². The first-order valence-electron chi connectivity index (χ1n) is 6.52. The Morgan fingerprint density at radius 1 is 1.30 bits per heavy atom. The molecular weight excluding hydrogens is 278 g/mol. The topological polar surface area (TPSA) is 110 Å². The second-order valence-electron chi connectivity index (χ2n) is 5.45. The molecule has 0 saturated heterocycles. The van der Waals surface area contributed by atoms with E-state index in [1.54, 1.807) is 6.33 Å². The monoisotopic (exact) mass is 293 g/mol. The fraction of sp³-hybridized carbons (Fsp3) is 0.583. The summed E-state index contributed by atoms with van der Waals surface area (Å²) >= 11 is 1.41. The van der Waals surface area contributed by atoms with Crippen molar-refractivity contribution in [2.24, 2.45) is 11.8 Å². The third kappa shape index (κ3) is 1.52. The minimum atomic E-state index is -0.773. The molecule has 106 valence electrons. The molecule has 2 aliphatic carbocycles. The summed E-state index contributed by atoms with van der Waals surface area (Å²) in [5.74, 6) is 0.844. The molecule has 0 amide bonds. The molecule has 0 bridgehead atoms. The molecule has 0 spiro atoms. The maximum Gasteiger partial charge on any atom is 0.191 e. The highest BCUT2D eigenvalue weighted by atomic mass is 32.2. The predicted molar refractivity (Wildman–Crippen MR) is 74.2 cm³/mol. The largest absolute Gasteiger partial charge is 0.390 e. The fourth-order valence-corrected chi connectivity index (χ4v) is 3.69. The second-order valence-corrected chi connectivity index (χ2v) is 6.23. The molecule has 2 fully saturated rings. The molecule has 2 heterocycles. The number of imidazole rings is 1. The zero-order valence-corrected chi connectivity index (χ0v) is 11.7. The number of fused-ring (bicyclic) bond motifs is 2. The first kappa shape index (κ1) is 12.4. The SMILES string of the molecule is CSc1nc(N)c2ncn([C@H]3C(O)C(O)C4C[C@@H]43)c2n1. The van der Waals surface area contributed by atoms with E-state index in [9.17, 15) is 10.2 Å². The molecule has 20 heavy (non-hydrogen) atoms. The highest BCUT2D eigenvalue weighted by Gasteiger charge is 2.60. The van der Waals surface area contributed by atoms with Gasteiger partial charge in [0.05, 0.1) is 18.5 Å². The van der Waals surface area contributed by atoms with Crippen LogP contribution in [0.2, 0.25) is 0 Å². The standard InChI is InChI=1S/C12H15N5O2S/c1-20-12-15-10(13)6-11(16-12)17(3-14-6)7-4-2-5(4)8(18)9(7)19/h3-5,7-9,18-19H,2H2,1H3,(H2,13,15,16)/t4-,5?,7+,8?,9?/m0/s1. The maximum atomic E-state index is 10.2. The summed E-state index contributed by atoms with van der Waals surface area (Å²) < 4.78 is 1.85. The Labute approximate surface area is 119 Å². The van der Waals surface area contributed by atoms with Gasteiger partial charge < -0.3 is 20.5 Å². The van der Waals surface area contributed by atoms with Crippen molar-refractivity contribution in [3.8, 4) is 0 Å². The number of anilines is 1. The number of nitrogens with two attached hydrogens (primary N) is 1. The molecule has 2 aliphatic rings. The van der Waals surface area contributed by atoms with Crippen LogP contribution in [-0.2, 0) is 0 Å². The van der Waals surface area contributed by atoms with Gasteiger partial charge in [0.1, 0.15) is 11.6 Å². The van der Waals surface area contributed by atoms with Crippen LogP contribution >= 0.6 is 11.8 Å². The molecule has 5 atom stereocenters. The van der Waals surface area contributed by atoms with Crippen LogP contribution in [0.1, 0.15) is 12.5 Å². The molecule has 4 rings (SSSR count). The van der Waals surface area contributed by atoms with Gasteiger partial charge in [-0.25, -0.2) is 15.0 Å². The average Bonchev–Trinajstić information content (AvgIpc) is 3.04. The number of aliphatic hydroxyl groups excluding tert-OH is 2. The third-order valence-electron chi connectivity index (χ3n) is 4.40. The number of aliphatic hydroxyl groups is 2. The summed E-state index contributed by atoms with van der Waals surface area (Å²) in [7, 11) is 0. The van der Waals surface area contributed by atoms with Crippen LogP contribution < -0.4 is 5.73 Å². The van der Waals surface area contributed by atoms with Gasteiger partial charge in [-0.1, -0.05) is 11.8 Å². The van der Waals surface area contributed by atoms with Crippen molar-refractivity contribution in [1.29, 1.82) is 0 Å². The van der Waals surface area contributed by atoms with Crippen molar-refractivity contribution in [2.45, 2.75) is 29.8 Å². The molecule has 2 saturated carbocycles. The van der Waals surface area contributed by atoms with Gasteiger partial charge >= 0.3 is 0 Å². The minimum Gasteiger partial charge on any atom is -0.390 e. The average molecular weight is 293 g/mol. The lowest BCUT2D eigenvalue weighted by atomic mass is 10.1. The van der Waals surface area contributed by atoms with Crippen molar-refractivity contribution in [1.82, 2.24) is 19.5 Å². The number of nitrogen functional groups attached to an aromatic ring is 1. The van der Waals surface area contributed by atoms with Gasteiger partial charge in [-0.05, 0) is 24.5 Å². The summed E-state index contributed by atoms with van der Waals surface area (Å²) in [6, 6.07) is -0.177. The molecule has 2 aromatic rings. The summed E-state index contributed by atoms with van der Waals surface area (Å²) in [6.07, 6.45) is 3.04. The molecule has 4 N–H and O–H groups in total. The molecular formula is C12H15N5O2S. The molecule has 7 nitrogen and oxygen atoms in total. The number of rotatable bonds is 2. The maximum absolute atomic E-state index is 10.2. The lowest BCUT2D eigenvalue weighted by Crippen LogP contribution is -2.31. The van der Waals surface area contributed by atoms with Crippen molar-refractivity contribution >= 4 is 28.7 Å². The van der Waals surface area contributed by atoms with E-state index in [1.807, 2.05) is 10.8 Å². The lowest BCUT2D eigenvalue weighted by Gasteiger charge is -2.22. The highest BCUT2D eigenvalue weighted by molar-refractivity contribution is 7.98. The number of aromatic nitrogens is 4. The summed E-state index contributed by atoms with van der Waals surface area (Å²) in [5, 5.41) is 20.7. The van der Waals surface area contributed by atoms with Crippen LogP contribution in [0.4, 0.5) is 5.82 Å². The number of hydrogen-bond acceptors (Lipinski definition) is 7. The Bertz CT molecular complexity index is 690. The van der Waals surface area contributed by atoms with Gasteiger partial charge in [0.2, 0.25) is 0 Å². The van der Waals surface area contributed by atoms with E-state index in [0.717, 1.165) is 6.42 Å². The Kier molecular flexibility index (Phi) is 2.51. The summed E-state index contributed by atoms with van der Waals surface area (Å²) in [5.41, 5.74) is 7.08. The Balaban J connectivity index is 1.86. The first-order valence-corrected chi connectivity index (χ1v) is 7.74. The van der Waals surface area contributed by atoms with Crippen molar-refractivity contribution in [3.63, 3.8) is 0 Å². The van der Waals surface area contributed by atoms with Gasteiger partial charge in [-0.2, -0.15) is 0 Å². The van der Waals surface area contributed by atoms with Gasteiger partial charge in [-0.3, -0.25) is 0 Å². The Morgan fingerprint density at radius 2 is 2.10 bits per heavy atom. The van der Waals surface area contributed by atoms with Crippen molar-refractivity contribution < 1.29 is 10.2 Å². The van der Waals surface area contributed by atoms with Crippen molar-refractivity contribution in [3.05, 3.63) is 6.33 Å². The van der Waals surface area contributed by atoms with Crippen LogP contribution in [-0.4, -0.2) is 48.2 Å². The molecule has 0 aromatic carbocycles. The van der Waals surface area contributed by atoms with Crippen LogP contribution in [0.25, 0.3) is 11.2 Å². The van der Waals surface area contributed by atoms with Crippen molar-refractivity contribution in [2.75, 3.05) is 12.0 Å². The van der Waals surface area contributed by atoms with Gasteiger partial charge in [0.15, 0.2) is 16.6 Å². The third-order valence-corrected chi connectivity index (χ3v) is 4.95. The predicted octanol–water partition coefficient (Wildman–Crippen LogP) is 0.0430. The molecule has 3 unspecified atom stereocenters. The number of nitrogens with zero attached hydrogens (tertiary/aromatic N) is 4. The minimum absolute atomic E-state index is 0.177. The fourth-order valence-electron chi connectivity index (χ4n) is 3.33. The molecule has 0 aliphatic heterocycles. The zero-order chi connectivity index (χ0) is 14.0. The Hall–Kier alpha value is -1.38. The summed E-state index contributed by atoms with van der Waals surface area (Å²) in [6.45, 7) is 0. The van der Waals surface area contributed by atoms with E-state index in [1.165, 1.54) is 11.8 Å². The van der Waals surface area contributed by atoms with E-state index < -0.39 is 12.2 Å². The normalized spacial score (nSPS) is 35.5. The van der Waals surface area contributed by atoms with E-state index in [-0.39, 0.29) is 12.0 Å². The first-order chi connectivity index (χ1) is 9.61. The van der Waals surface area contributed by atoms with Gasteiger partial charge in [-0.15, -0.1) is 0 Å². The smallest absolute Gasteiger partial charge is 0.191 e. The second kappa shape index (κ2) is 4.06. The van der Waals surface area contributed by atoms with Crippen LogP contribution in [0, 0.1) is 11.8 Å². The van der Waals surface area contributed by atoms with E-state index in [4.69, 9.17) is 5.73 Å². The van der Waals surface area contributed by atoms with Gasteiger partial charge in [0, 0.05) is 0 Å². The van der Waals surface area contributed by atoms with E-state index >= 15 is 0 Å². The molecule has 0 radical (unpaired) electrons. The van der Waals surface area contributed by atoms with Crippen LogP contribution in [0.3, 0.4) is 0 Å². The quantitative estimate of drug-likeness (QED) is 0.530. The summed E-state index contributed by atoms with van der Waals surface area (Å²) in [4.78, 5) is 12.9. The Morgan fingerprint density at radius 3 is 2.75 bits per heavy atom. The van der Waals surface area contributed by atoms with Crippen LogP contribution in [0.5, 0.6) is 0 Å². The zero-order valence-electron chi connectivity index (χ0n) is 10.8. The van der Waals surface area contributed by atoms with E-state index in [0.29, 0.717) is 28.1 Å². The number of hydrogen-bond donors (Lipinski definition) is 3.